The van der Waals surface area contributed by atoms with E-state index in [1.165, 1.54) is 16.7 Å². The Morgan fingerprint density at radius 2 is 2.06 bits per heavy atom. The lowest BCUT2D eigenvalue weighted by atomic mass is 10.1. The third kappa shape index (κ3) is 3.69. The number of carbonyl (C=O) groups is 3. The van der Waals surface area contributed by atoms with Crippen LogP contribution in [-0.2, 0) is 14.4 Å². The maximum absolute atomic E-state index is 12.0. The first-order valence-electron chi connectivity index (χ1n) is 5.89. The van der Waals surface area contributed by atoms with Gasteiger partial charge < -0.3 is 20.4 Å². The Hall–Kier alpha value is -1.63. The molecule has 102 valence electrons. The van der Waals surface area contributed by atoms with Crippen LogP contribution in [0.4, 0.5) is 0 Å². The summed E-state index contributed by atoms with van der Waals surface area (Å²) < 4.78 is 0. The molecule has 7 nitrogen and oxygen atoms in total. The highest BCUT2D eigenvalue weighted by Gasteiger charge is 2.32. The quantitative estimate of drug-likeness (QED) is 0.612. The smallest absolute Gasteiger partial charge is 0.246 e. The van der Waals surface area contributed by atoms with Crippen molar-refractivity contribution in [1.82, 2.24) is 20.4 Å². The van der Waals surface area contributed by atoms with Crippen LogP contribution in [0.3, 0.4) is 0 Å². The van der Waals surface area contributed by atoms with Gasteiger partial charge in [0, 0.05) is 40.7 Å². The molecule has 0 aromatic carbocycles. The average molecular weight is 256 g/mol. The number of carbonyl (C=O) groups excluding carboxylic acids is 3. The maximum Gasteiger partial charge on any atom is 0.246 e. The number of likely N-dealkylation sites (N-methyl/N-ethyl adjacent to an activating group) is 1. The Morgan fingerprint density at radius 1 is 1.39 bits per heavy atom. The summed E-state index contributed by atoms with van der Waals surface area (Å²) in [6, 6.07) is -0.491. The van der Waals surface area contributed by atoms with Crippen molar-refractivity contribution in [3.8, 4) is 0 Å². The minimum absolute atomic E-state index is 0.0630. The van der Waals surface area contributed by atoms with E-state index in [4.69, 9.17) is 0 Å². The highest BCUT2D eigenvalue weighted by Crippen LogP contribution is 2.06. The summed E-state index contributed by atoms with van der Waals surface area (Å²) in [5, 5.41) is 5.55. The van der Waals surface area contributed by atoms with Crippen molar-refractivity contribution in [2.24, 2.45) is 0 Å². The Kier molecular flexibility index (Phi) is 5.08. The molecule has 3 amide bonds. The van der Waals surface area contributed by atoms with Gasteiger partial charge in [0.2, 0.25) is 17.7 Å². The zero-order chi connectivity index (χ0) is 13.7. The van der Waals surface area contributed by atoms with E-state index in [-0.39, 0.29) is 24.3 Å². The normalized spacial score (nSPS) is 19.3. The first-order valence-corrected chi connectivity index (χ1v) is 5.89. The second-order valence-electron chi connectivity index (χ2n) is 4.45. The van der Waals surface area contributed by atoms with E-state index in [0.717, 1.165) is 0 Å². The van der Waals surface area contributed by atoms with Crippen LogP contribution in [0.25, 0.3) is 0 Å². The van der Waals surface area contributed by atoms with Gasteiger partial charge in [-0.2, -0.15) is 0 Å². The molecule has 18 heavy (non-hydrogen) atoms. The summed E-state index contributed by atoms with van der Waals surface area (Å²) >= 11 is 0. The van der Waals surface area contributed by atoms with Crippen LogP contribution in [0, 0.1) is 0 Å². The van der Waals surface area contributed by atoms with Gasteiger partial charge >= 0.3 is 0 Å². The molecular formula is C11H20N4O3. The number of nitrogens with zero attached hydrogens (tertiary/aromatic N) is 2. The fraction of sp³-hybridized carbons (Fsp3) is 0.727. The standard InChI is InChI=1S/C11H20N4O3/c1-8(16)13-7-10(17)15-5-4-12-6-9(15)11(18)14(2)3/h9,12H,4-7H2,1-3H3,(H,13,16). The van der Waals surface area contributed by atoms with Gasteiger partial charge in [-0.25, -0.2) is 0 Å². The fourth-order valence-corrected chi connectivity index (χ4v) is 1.82. The van der Waals surface area contributed by atoms with Crippen LogP contribution in [0.5, 0.6) is 0 Å². The van der Waals surface area contributed by atoms with Crippen LogP contribution in [-0.4, -0.2) is 73.8 Å². The van der Waals surface area contributed by atoms with Crippen molar-refractivity contribution >= 4 is 17.7 Å². The van der Waals surface area contributed by atoms with Gasteiger partial charge in [0.15, 0.2) is 0 Å². The molecule has 1 aliphatic heterocycles. The predicted molar refractivity (Wildman–Crippen MR) is 65.7 cm³/mol. The van der Waals surface area contributed by atoms with Crippen LogP contribution < -0.4 is 10.6 Å². The number of amides is 3. The monoisotopic (exact) mass is 256 g/mol. The van der Waals surface area contributed by atoms with E-state index in [1.807, 2.05) is 0 Å². The Labute approximate surface area is 106 Å². The first kappa shape index (κ1) is 14.4. The molecule has 0 bridgehead atoms. The van der Waals surface area contributed by atoms with Gasteiger partial charge in [0.1, 0.15) is 6.04 Å². The molecule has 0 saturated carbocycles. The topological polar surface area (TPSA) is 81.8 Å². The second-order valence-corrected chi connectivity index (χ2v) is 4.45. The van der Waals surface area contributed by atoms with Crippen LogP contribution in [0.1, 0.15) is 6.92 Å². The van der Waals surface area contributed by atoms with Crippen LogP contribution >= 0.6 is 0 Å². The molecule has 2 N–H and O–H groups in total. The summed E-state index contributed by atoms with van der Waals surface area (Å²) in [6.45, 7) is 2.87. The van der Waals surface area contributed by atoms with Gasteiger partial charge in [0.25, 0.3) is 0 Å². The maximum atomic E-state index is 12.0. The Bertz CT molecular complexity index is 343. The molecule has 7 heteroatoms. The minimum Gasteiger partial charge on any atom is -0.347 e. The summed E-state index contributed by atoms with van der Waals surface area (Å²) in [5.41, 5.74) is 0. The van der Waals surface area contributed by atoms with Gasteiger partial charge in [-0.15, -0.1) is 0 Å². The van der Waals surface area contributed by atoms with E-state index in [2.05, 4.69) is 10.6 Å². The van der Waals surface area contributed by atoms with Crippen LogP contribution in [0.15, 0.2) is 0 Å². The van der Waals surface area contributed by atoms with Gasteiger partial charge in [-0.3, -0.25) is 14.4 Å². The largest absolute Gasteiger partial charge is 0.347 e. The predicted octanol–water partition coefficient (Wildman–Crippen LogP) is -1.99. The minimum atomic E-state index is -0.491. The summed E-state index contributed by atoms with van der Waals surface area (Å²) in [5.74, 6) is -0.598. The number of hydrogen-bond acceptors (Lipinski definition) is 4. The number of piperazine rings is 1. The first-order chi connectivity index (χ1) is 8.43. The highest BCUT2D eigenvalue weighted by molar-refractivity contribution is 5.90. The molecule has 0 aliphatic carbocycles. The molecule has 1 unspecified atom stereocenters. The van der Waals surface area contributed by atoms with E-state index >= 15 is 0 Å². The molecule has 0 spiro atoms. The number of hydrogen-bond donors (Lipinski definition) is 2. The van der Waals surface area contributed by atoms with Crippen molar-refractivity contribution in [2.75, 3.05) is 40.3 Å². The molecular weight excluding hydrogens is 236 g/mol. The molecule has 1 fully saturated rings. The Balaban J connectivity index is 2.67. The fourth-order valence-electron chi connectivity index (χ4n) is 1.82. The molecule has 1 saturated heterocycles. The summed E-state index contributed by atoms with van der Waals surface area (Å²) in [4.78, 5) is 37.7. The zero-order valence-electron chi connectivity index (χ0n) is 11.0. The zero-order valence-corrected chi connectivity index (χ0v) is 11.0. The van der Waals surface area contributed by atoms with Crippen molar-refractivity contribution in [3.05, 3.63) is 0 Å². The van der Waals surface area contributed by atoms with E-state index in [9.17, 15) is 14.4 Å². The van der Waals surface area contributed by atoms with Gasteiger partial charge in [-0.1, -0.05) is 0 Å². The lowest BCUT2D eigenvalue weighted by Crippen LogP contribution is -2.60. The SMILES string of the molecule is CC(=O)NCC(=O)N1CCNCC1C(=O)N(C)C. The second kappa shape index (κ2) is 6.34. The van der Waals surface area contributed by atoms with Crippen molar-refractivity contribution < 1.29 is 14.4 Å². The molecule has 1 rings (SSSR count). The lowest BCUT2D eigenvalue weighted by Gasteiger charge is -2.36. The van der Waals surface area contributed by atoms with E-state index in [1.54, 1.807) is 14.1 Å². The molecule has 1 aliphatic rings. The van der Waals surface area contributed by atoms with Gasteiger partial charge in [0.05, 0.1) is 6.54 Å². The molecule has 0 aromatic rings. The average Bonchev–Trinajstić information content (AvgIpc) is 2.34. The lowest BCUT2D eigenvalue weighted by molar-refractivity contribution is -0.145. The van der Waals surface area contributed by atoms with Crippen molar-refractivity contribution in [1.29, 1.82) is 0 Å². The van der Waals surface area contributed by atoms with Gasteiger partial charge in [-0.05, 0) is 0 Å². The molecule has 1 atom stereocenters. The van der Waals surface area contributed by atoms with Crippen molar-refractivity contribution in [3.63, 3.8) is 0 Å². The third-order valence-electron chi connectivity index (χ3n) is 2.78. The molecule has 1 heterocycles. The molecule has 0 radical (unpaired) electrons. The van der Waals surface area contributed by atoms with E-state index in [0.29, 0.717) is 19.6 Å². The Morgan fingerprint density at radius 3 is 2.61 bits per heavy atom. The number of rotatable bonds is 3. The third-order valence-corrected chi connectivity index (χ3v) is 2.78. The summed E-state index contributed by atoms with van der Waals surface area (Å²) in [6.07, 6.45) is 0. The highest BCUT2D eigenvalue weighted by atomic mass is 16.2. The molecule has 0 aromatic heterocycles. The number of nitrogens with one attached hydrogen (secondary N) is 2. The summed E-state index contributed by atoms with van der Waals surface area (Å²) in [7, 11) is 3.32. The van der Waals surface area contributed by atoms with E-state index < -0.39 is 6.04 Å². The van der Waals surface area contributed by atoms with Crippen LogP contribution in [0.2, 0.25) is 0 Å². The van der Waals surface area contributed by atoms with Crippen molar-refractivity contribution in [2.45, 2.75) is 13.0 Å².